The first-order valence-electron chi connectivity index (χ1n) is 7.37. The third-order valence-electron chi connectivity index (χ3n) is 3.50. The molecule has 4 heteroatoms. The Hall–Kier alpha value is -0.610. The van der Waals surface area contributed by atoms with Crippen LogP contribution in [-0.2, 0) is 4.79 Å². The lowest BCUT2D eigenvalue weighted by Crippen LogP contribution is -2.49. The number of carbonyl (C=O) groups excluding carboxylic acids is 1. The average molecular weight is 255 g/mol. The van der Waals surface area contributed by atoms with E-state index in [9.17, 15) is 4.79 Å². The zero-order chi connectivity index (χ0) is 13.4. The van der Waals surface area contributed by atoms with Crippen molar-refractivity contribution in [3.63, 3.8) is 0 Å². The zero-order valence-electron chi connectivity index (χ0n) is 12.2. The predicted octanol–water partition coefficient (Wildman–Crippen LogP) is 1.18. The van der Waals surface area contributed by atoms with E-state index in [1.54, 1.807) is 0 Å². The maximum absolute atomic E-state index is 12.1. The van der Waals surface area contributed by atoms with Crippen LogP contribution in [0.4, 0.5) is 0 Å². The van der Waals surface area contributed by atoms with Gasteiger partial charge >= 0.3 is 0 Å². The summed E-state index contributed by atoms with van der Waals surface area (Å²) in [6.45, 7) is 10.1. The molecule has 106 valence electrons. The van der Waals surface area contributed by atoms with Crippen LogP contribution >= 0.6 is 0 Å². The summed E-state index contributed by atoms with van der Waals surface area (Å²) in [5.74, 6) is 0.684. The van der Waals surface area contributed by atoms with Crippen molar-refractivity contribution in [2.75, 3.05) is 46.3 Å². The molecule has 2 aliphatic heterocycles. The first-order chi connectivity index (χ1) is 8.69. The van der Waals surface area contributed by atoms with Crippen LogP contribution in [0.3, 0.4) is 0 Å². The van der Waals surface area contributed by atoms with Gasteiger partial charge in [-0.1, -0.05) is 20.3 Å². The number of piperazine rings is 1. The minimum Gasteiger partial charge on any atom is -0.340 e. The molecule has 0 unspecified atom stereocenters. The van der Waals surface area contributed by atoms with Gasteiger partial charge in [-0.3, -0.25) is 4.79 Å². The molecular weight excluding hydrogens is 226 g/mol. The Kier molecular flexibility index (Phi) is 7.28. The number of carbonyl (C=O) groups is 1. The van der Waals surface area contributed by atoms with E-state index in [0.29, 0.717) is 11.8 Å². The van der Waals surface area contributed by atoms with Gasteiger partial charge in [0.05, 0.1) is 0 Å². The molecule has 2 aliphatic rings. The molecule has 0 aliphatic carbocycles. The van der Waals surface area contributed by atoms with Crippen LogP contribution in [0.15, 0.2) is 0 Å². The summed E-state index contributed by atoms with van der Waals surface area (Å²) in [7, 11) is 2.13. The zero-order valence-corrected chi connectivity index (χ0v) is 12.2. The standard InChI is InChI=1S/C11H21N3O.C3H8/c1-13-6-2-10(3-7-13)11(15)14-8-4-12-5-9-14;1-3-2/h10,12H,2-9H2,1H3;3H2,1-2H3. The van der Waals surface area contributed by atoms with E-state index in [0.717, 1.165) is 52.1 Å². The van der Waals surface area contributed by atoms with E-state index in [4.69, 9.17) is 0 Å². The minimum absolute atomic E-state index is 0.291. The van der Waals surface area contributed by atoms with E-state index in [-0.39, 0.29) is 0 Å². The second kappa shape index (κ2) is 8.48. The summed E-state index contributed by atoms with van der Waals surface area (Å²) in [6.07, 6.45) is 3.33. The molecule has 0 radical (unpaired) electrons. The van der Waals surface area contributed by atoms with Gasteiger partial charge in [-0.25, -0.2) is 0 Å². The van der Waals surface area contributed by atoms with Crippen molar-refractivity contribution in [1.29, 1.82) is 0 Å². The summed E-state index contributed by atoms with van der Waals surface area (Å²) in [5, 5.41) is 3.28. The molecule has 2 heterocycles. The van der Waals surface area contributed by atoms with Gasteiger partial charge < -0.3 is 15.1 Å². The highest BCUT2D eigenvalue weighted by molar-refractivity contribution is 5.79. The van der Waals surface area contributed by atoms with Gasteiger partial charge in [0.2, 0.25) is 5.91 Å². The number of likely N-dealkylation sites (tertiary alicyclic amines) is 1. The second-order valence-corrected chi connectivity index (χ2v) is 5.36. The van der Waals surface area contributed by atoms with Crippen molar-refractivity contribution in [1.82, 2.24) is 15.1 Å². The average Bonchev–Trinajstić information content (AvgIpc) is 2.41. The smallest absolute Gasteiger partial charge is 0.225 e. The van der Waals surface area contributed by atoms with Crippen LogP contribution in [0, 0.1) is 5.92 Å². The van der Waals surface area contributed by atoms with Crippen molar-refractivity contribution < 1.29 is 4.79 Å². The second-order valence-electron chi connectivity index (χ2n) is 5.36. The molecule has 1 amide bonds. The summed E-state index contributed by atoms with van der Waals surface area (Å²) in [4.78, 5) is 16.5. The molecule has 0 spiro atoms. The van der Waals surface area contributed by atoms with E-state index >= 15 is 0 Å². The SMILES string of the molecule is CCC.CN1CCC(C(=O)N2CCNCC2)CC1. The molecular formula is C14H29N3O. The number of amides is 1. The van der Waals surface area contributed by atoms with E-state index < -0.39 is 0 Å². The summed E-state index contributed by atoms with van der Waals surface area (Å²) >= 11 is 0. The highest BCUT2D eigenvalue weighted by Crippen LogP contribution is 2.18. The molecule has 18 heavy (non-hydrogen) atoms. The first-order valence-corrected chi connectivity index (χ1v) is 7.37. The van der Waals surface area contributed by atoms with Crippen LogP contribution in [0.1, 0.15) is 33.1 Å². The molecule has 0 aromatic heterocycles. The Balaban J connectivity index is 0.000000492. The lowest BCUT2D eigenvalue weighted by atomic mass is 9.95. The Morgan fingerprint density at radius 2 is 1.61 bits per heavy atom. The fraction of sp³-hybridized carbons (Fsp3) is 0.929. The molecule has 0 aromatic carbocycles. The van der Waals surface area contributed by atoms with Gasteiger partial charge in [-0.15, -0.1) is 0 Å². The van der Waals surface area contributed by atoms with Crippen LogP contribution < -0.4 is 5.32 Å². The minimum atomic E-state index is 0.291. The van der Waals surface area contributed by atoms with Gasteiger partial charge in [-0.05, 0) is 33.0 Å². The van der Waals surface area contributed by atoms with Gasteiger partial charge in [0.15, 0.2) is 0 Å². The molecule has 2 saturated heterocycles. The monoisotopic (exact) mass is 255 g/mol. The Bertz CT molecular complexity index is 231. The van der Waals surface area contributed by atoms with Crippen LogP contribution in [0.5, 0.6) is 0 Å². The fourth-order valence-electron chi connectivity index (χ4n) is 2.40. The Morgan fingerprint density at radius 3 is 2.11 bits per heavy atom. The number of hydrogen-bond acceptors (Lipinski definition) is 3. The third kappa shape index (κ3) is 4.94. The summed E-state index contributed by atoms with van der Waals surface area (Å²) in [5.41, 5.74) is 0. The van der Waals surface area contributed by atoms with Crippen molar-refractivity contribution in [3.05, 3.63) is 0 Å². The molecule has 0 aromatic rings. The summed E-state index contributed by atoms with van der Waals surface area (Å²) in [6, 6.07) is 0. The van der Waals surface area contributed by atoms with E-state index in [2.05, 4.69) is 31.1 Å². The van der Waals surface area contributed by atoms with Crippen LogP contribution in [0.2, 0.25) is 0 Å². The largest absolute Gasteiger partial charge is 0.340 e. The van der Waals surface area contributed by atoms with E-state index in [1.807, 2.05) is 4.90 Å². The van der Waals surface area contributed by atoms with Crippen molar-refractivity contribution in [3.8, 4) is 0 Å². The topological polar surface area (TPSA) is 35.6 Å². The highest BCUT2D eigenvalue weighted by atomic mass is 16.2. The number of piperidine rings is 1. The first kappa shape index (κ1) is 15.4. The fourth-order valence-corrected chi connectivity index (χ4v) is 2.40. The number of nitrogens with one attached hydrogen (secondary N) is 1. The predicted molar refractivity (Wildman–Crippen MR) is 75.6 cm³/mol. The molecule has 1 N–H and O–H groups in total. The Labute approximate surface area is 112 Å². The molecule has 0 saturated carbocycles. The van der Waals surface area contributed by atoms with Crippen molar-refractivity contribution >= 4 is 5.91 Å². The van der Waals surface area contributed by atoms with E-state index in [1.165, 1.54) is 6.42 Å². The summed E-state index contributed by atoms with van der Waals surface area (Å²) < 4.78 is 0. The Morgan fingerprint density at radius 1 is 1.11 bits per heavy atom. The quantitative estimate of drug-likeness (QED) is 0.764. The van der Waals surface area contributed by atoms with Gasteiger partial charge in [-0.2, -0.15) is 0 Å². The number of nitrogens with zero attached hydrogens (tertiary/aromatic N) is 2. The maximum Gasteiger partial charge on any atom is 0.225 e. The molecule has 0 atom stereocenters. The molecule has 0 bridgehead atoms. The van der Waals surface area contributed by atoms with Crippen molar-refractivity contribution in [2.24, 2.45) is 5.92 Å². The molecule has 2 fully saturated rings. The molecule has 2 rings (SSSR count). The number of rotatable bonds is 1. The van der Waals surface area contributed by atoms with Crippen LogP contribution in [-0.4, -0.2) is 62.0 Å². The lowest BCUT2D eigenvalue weighted by Gasteiger charge is -2.34. The molecule has 4 nitrogen and oxygen atoms in total. The van der Waals surface area contributed by atoms with Crippen LogP contribution in [0.25, 0.3) is 0 Å². The normalized spacial score (nSPS) is 22.3. The number of hydrogen-bond donors (Lipinski definition) is 1. The van der Waals surface area contributed by atoms with Crippen molar-refractivity contribution in [2.45, 2.75) is 33.1 Å². The maximum atomic E-state index is 12.1. The lowest BCUT2D eigenvalue weighted by molar-refractivity contribution is -0.137. The highest BCUT2D eigenvalue weighted by Gasteiger charge is 2.27. The third-order valence-corrected chi connectivity index (χ3v) is 3.50. The van der Waals surface area contributed by atoms with Gasteiger partial charge in [0.25, 0.3) is 0 Å². The van der Waals surface area contributed by atoms with Gasteiger partial charge in [0.1, 0.15) is 0 Å². The van der Waals surface area contributed by atoms with Gasteiger partial charge in [0, 0.05) is 32.1 Å².